The maximum atomic E-state index is 12.9. The maximum Gasteiger partial charge on any atom is 0.406 e. The highest BCUT2D eigenvalue weighted by atomic mass is 32.2. The number of halogens is 3. The molecule has 1 saturated heterocycles. The Morgan fingerprint density at radius 1 is 1.31 bits per heavy atom. The Balaban J connectivity index is 1.77. The van der Waals surface area contributed by atoms with E-state index < -0.39 is 28.7 Å². The standard InChI is InChI=1S/C20H25F3N4O4S/c1-3-8-26(14-20(21,22)23)19(28)7-6-18-24-16-13-15(4-5-17(16)25(18)2)32(29,30)27-9-11-31-12-10-27/h3-5,13H,1,6-12,14H2,2H3. The van der Waals surface area contributed by atoms with Crippen molar-refractivity contribution in [3.8, 4) is 0 Å². The number of carbonyl (C=O) groups is 1. The van der Waals surface area contributed by atoms with Crippen LogP contribution in [0.15, 0.2) is 35.7 Å². The lowest BCUT2D eigenvalue weighted by Gasteiger charge is -2.26. The SMILES string of the molecule is C=CCN(CC(F)(F)F)C(=O)CCc1nc2cc(S(=O)(=O)N3CCOCC3)ccc2n1C. The van der Waals surface area contributed by atoms with Crippen LogP contribution in [-0.2, 0) is 33.0 Å². The summed E-state index contributed by atoms with van der Waals surface area (Å²) >= 11 is 0. The van der Waals surface area contributed by atoms with Gasteiger partial charge in [0.1, 0.15) is 12.4 Å². The van der Waals surface area contributed by atoms with E-state index in [1.165, 1.54) is 22.5 Å². The minimum absolute atomic E-state index is 0.106. The minimum Gasteiger partial charge on any atom is -0.379 e. The fraction of sp³-hybridized carbons (Fsp3) is 0.500. The third kappa shape index (κ3) is 5.48. The molecule has 0 bridgehead atoms. The van der Waals surface area contributed by atoms with Gasteiger partial charge in [-0.3, -0.25) is 4.79 Å². The van der Waals surface area contributed by atoms with Gasteiger partial charge in [-0.25, -0.2) is 13.4 Å². The lowest BCUT2D eigenvalue weighted by Crippen LogP contribution is -2.40. The average molecular weight is 475 g/mol. The van der Waals surface area contributed by atoms with E-state index in [0.717, 1.165) is 0 Å². The summed E-state index contributed by atoms with van der Waals surface area (Å²) < 4.78 is 72.2. The number of hydrogen-bond donors (Lipinski definition) is 0. The van der Waals surface area contributed by atoms with Crippen LogP contribution in [0.2, 0.25) is 0 Å². The van der Waals surface area contributed by atoms with Crippen LogP contribution in [0.1, 0.15) is 12.2 Å². The van der Waals surface area contributed by atoms with E-state index in [0.29, 0.717) is 35.0 Å². The summed E-state index contributed by atoms with van der Waals surface area (Å²) in [6.45, 7) is 3.06. The molecule has 0 radical (unpaired) electrons. The predicted octanol–water partition coefficient (Wildman–Crippen LogP) is 2.10. The molecule has 1 aliphatic heterocycles. The van der Waals surface area contributed by atoms with Gasteiger partial charge in [-0.05, 0) is 18.2 Å². The van der Waals surface area contributed by atoms with Crippen LogP contribution in [0.3, 0.4) is 0 Å². The average Bonchev–Trinajstić information content (AvgIpc) is 3.06. The van der Waals surface area contributed by atoms with Gasteiger partial charge < -0.3 is 14.2 Å². The summed E-state index contributed by atoms with van der Waals surface area (Å²) in [6, 6.07) is 4.60. The molecule has 1 fully saturated rings. The molecule has 0 N–H and O–H groups in total. The van der Waals surface area contributed by atoms with E-state index in [4.69, 9.17) is 4.74 Å². The number of fused-ring (bicyclic) bond motifs is 1. The molecule has 1 aromatic heterocycles. The van der Waals surface area contributed by atoms with Gasteiger partial charge >= 0.3 is 6.18 Å². The van der Waals surface area contributed by atoms with Crippen molar-refractivity contribution in [3.05, 3.63) is 36.7 Å². The van der Waals surface area contributed by atoms with Crippen LogP contribution in [-0.4, -0.2) is 78.7 Å². The van der Waals surface area contributed by atoms with Crippen LogP contribution in [0.25, 0.3) is 11.0 Å². The topological polar surface area (TPSA) is 84.7 Å². The lowest BCUT2D eigenvalue weighted by molar-refractivity contribution is -0.160. The Labute approximate surface area is 184 Å². The third-order valence-electron chi connectivity index (χ3n) is 5.19. The van der Waals surface area contributed by atoms with Crippen molar-refractivity contribution >= 4 is 27.0 Å². The molecule has 32 heavy (non-hydrogen) atoms. The van der Waals surface area contributed by atoms with E-state index in [1.54, 1.807) is 17.7 Å². The number of imidazole rings is 1. The number of amides is 1. The number of sulfonamides is 1. The summed E-state index contributed by atoms with van der Waals surface area (Å²) in [5.41, 5.74) is 1.09. The highest BCUT2D eigenvalue weighted by molar-refractivity contribution is 7.89. The third-order valence-corrected chi connectivity index (χ3v) is 7.08. The molecule has 2 heterocycles. The lowest BCUT2D eigenvalue weighted by atomic mass is 10.2. The Kier molecular flexibility index (Phi) is 7.25. The van der Waals surface area contributed by atoms with Gasteiger partial charge in [0.05, 0.1) is 29.1 Å². The highest BCUT2D eigenvalue weighted by Gasteiger charge is 2.32. The summed E-state index contributed by atoms with van der Waals surface area (Å²) in [6.07, 6.45) is -3.31. The van der Waals surface area contributed by atoms with Gasteiger partial charge in [0.2, 0.25) is 15.9 Å². The summed E-state index contributed by atoms with van der Waals surface area (Å²) in [4.78, 5) is 17.5. The molecule has 0 unspecified atom stereocenters. The van der Waals surface area contributed by atoms with Gasteiger partial charge in [-0.15, -0.1) is 6.58 Å². The summed E-state index contributed by atoms with van der Waals surface area (Å²) in [5, 5.41) is 0. The molecule has 0 aliphatic carbocycles. The van der Waals surface area contributed by atoms with Crippen molar-refractivity contribution in [3.63, 3.8) is 0 Å². The molecule has 2 aromatic rings. The smallest absolute Gasteiger partial charge is 0.379 e. The van der Waals surface area contributed by atoms with Crippen molar-refractivity contribution < 1.29 is 31.1 Å². The molecule has 0 spiro atoms. The molecule has 1 aliphatic rings. The van der Waals surface area contributed by atoms with E-state index in [1.807, 2.05) is 0 Å². The van der Waals surface area contributed by atoms with Gasteiger partial charge in [0, 0.05) is 39.5 Å². The first kappa shape index (κ1) is 24.2. The molecular weight excluding hydrogens is 449 g/mol. The van der Waals surface area contributed by atoms with Crippen molar-refractivity contribution in [2.24, 2.45) is 7.05 Å². The van der Waals surface area contributed by atoms with Gasteiger partial charge in [0.25, 0.3) is 0 Å². The number of aryl methyl sites for hydroxylation is 2. The minimum atomic E-state index is -4.50. The molecule has 0 saturated carbocycles. The number of rotatable bonds is 8. The highest BCUT2D eigenvalue weighted by Crippen LogP contribution is 2.24. The van der Waals surface area contributed by atoms with Crippen molar-refractivity contribution in [1.29, 1.82) is 0 Å². The molecule has 12 heteroatoms. The zero-order chi connectivity index (χ0) is 23.5. The van der Waals surface area contributed by atoms with E-state index >= 15 is 0 Å². The number of benzene rings is 1. The number of nitrogens with zero attached hydrogens (tertiary/aromatic N) is 4. The zero-order valence-corrected chi connectivity index (χ0v) is 18.5. The molecule has 8 nitrogen and oxygen atoms in total. The number of alkyl halides is 3. The molecule has 1 amide bonds. The molecular formula is C20H25F3N4O4S. The first-order chi connectivity index (χ1) is 15.0. The summed E-state index contributed by atoms with van der Waals surface area (Å²) in [7, 11) is -1.98. The number of ether oxygens (including phenoxy) is 1. The Morgan fingerprint density at radius 2 is 2.00 bits per heavy atom. The van der Waals surface area contributed by atoms with Crippen LogP contribution < -0.4 is 0 Å². The maximum absolute atomic E-state index is 12.9. The number of hydrogen-bond acceptors (Lipinski definition) is 5. The van der Waals surface area contributed by atoms with E-state index in [9.17, 15) is 26.4 Å². The number of morpholine rings is 1. The molecule has 3 rings (SSSR count). The van der Waals surface area contributed by atoms with Crippen molar-refractivity contribution in [2.75, 3.05) is 39.4 Å². The first-order valence-corrected chi connectivity index (χ1v) is 11.5. The van der Waals surface area contributed by atoms with Crippen LogP contribution in [0.5, 0.6) is 0 Å². The second-order valence-electron chi connectivity index (χ2n) is 7.43. The largest absolute Gasteiger partial charge is 0.406 e. The van der Waals surface area contributed by atoms with Crippen molar-refractivity contribution in [1.82, 2.24) is 18.8 Å². The number of carbonyl (C=O) groups excluding carboxylic acids is 1. The Morgan fingerprint density at radius 3 is 2.62 bits per heavy atom. The summed E-state index contributed by atoms with van der Waals surface area (Å²) in [5.74, 6) is -0.190. The zero-order valence-electron chi connectivity index (χ0n) is 17.6. The number of aromatic nitrogens is 2. The Bertz CT molecular complexity index is 1090. The second kappa shape index (κ2) is 9.59. The monoisotopic (exact) mass is 474 g/mol. The van der Waals surface area contributed by atoms with Crippen LogP contribution in [0, 0.1) is 0 Å². The fourth-order valence-electron chi connectivity index (χ4n) is 3.55. The van der Waals surface area contributed by atoms with Crippen LogP contribution >= 0.6 is 0 Å². The molecule has 176 valence electrons. The quantitative estimate of drug-likeness (QED) is 0.547. The molecule has 0 atom stereocenters. The van der Waals surface area contributed by atoms with E-state index in [-0.39, 0.29) is 37.4 Å². The normalized spacial score (nSPS) is 15.8. The predicted molar refractivity (Wildman–Crippen MR) is 111 cm³/mol. The van der Waals surface area contributed by atoms with Gasteiger partial charge in [-0.1, -0.05) is 6.08 Å². The van der Waals surface area contributed by atoms with Gasteiger partial charge in [0.15, 0.2) is 0 Å². The van der Waals surface area contributed by atoms with Gasteiger partial charge in [-0.2, -0.15) is 17.5 Å². The van der Waals surface area contributed by atoms with Crippen LogP contribution in [0.4, 0.5) is 13.2 Å². The molecule has 1 aromatic carbocycles. The Hall–Kier alpha value is -2.44. The fourth-order valence-corrected chi connectivity index (χ4v) is 4.98. The second-order valence-corrected chi connectivity index (χ2v) is 9.37. The first-order valence-electron chi connectivity index (χ1n) is 10.0. The van der Waals surface area contributed by atoms with Crippen molar-refractivity contribution in [2.45, 2.75) is 23.9 Å². The van der Waals surface area contributed by atoms with E-state index in [2.05, 4.69) is 11.6 Å².